The number of nitrogens with one attached hydrogen (secondary N) is 2. The second-order valence-corrected chi connectivity index (χ2v) is 7.40. The van der Waals surface area contributed by atoms with Crippen molar-refractivity contribution in [2.75, 3.05) is 11.9 Å². The first-order valence-electron chi connectivity index (χ1n) is 7.98. The highest BCUT2D eigenvalue weighted by atomic mass is 79.9. The van der Waals surface area contributed by atoms with Gasteiger partial charge in [-0.15, -0.1) is 0 Å². The average molecular weight is 410 g/mol. The van der Waals surface area contributed by atoms with E-state index in [1.165, 1.54) is 6.42 Å². The number of halogens is 1. The summed E-state index contributed by atoms with van der Waals surface area (Å²) >= 11 is 8.88. The molecule has 6 nitrogen and oxygen atoms in total. The fraction of sp³-hybridized carbons (Fsp3) is 0.438. The Morgan fingerprint density at radius 1 is 1.29 bits per heavy atom. The summed E-state index contributed by atoms with van der Waals surface area (Å²) < 4.78 is 1.02. The molecule has 1 spiro atoms. The number of hydrogen-bond donors (Lipinski definition) is 3. The van der Waals surface area contributed by atoms with Gasteiger partial charge >= 0.3 is 0 Å². The first-order chi connectivity index (χ1) is 11.5. The van der Waals surface area contributed by atoms with Crippen molar-refractivity contribution in [3.8, 4) is 0 Å². The zero-order valence-corrected chi connectivity index (χ0v) is 15.6. The average Bonchev–Trinajstić information content (AvgIpc) is 2.82. The molecule has 1 aliphatic carbocycles. The molecule has 3 rings (SSSR count). The van der Waals surface area contributed by atoms with E-state index < -0.39 is 0 Å². The van der Waals surface area contributed by atoms with Crippen LogP contribution in [0.1, 0.15) is 32.1 Å². The standard InChI is InChI=1S/C16H20BrN5OS/c17-11-4-6-12(7-5-11)19-14-16(8-2-1-3-9-16)22(15(24)20-14)10-13(23)21-18/h4-7H,1-3,8-10,18H2,(H,21,23)(H,19,20,24). The van der Waals surface area contributed by atoms with Crippen molar-refractivity contribution in [3.63, 3.8) is 0 Å². The first kappa shape index (κ1) is 17.3. The van der Waals surface area contributed by atoms with Crippen molar-refractivity contribution in [1.82, 2.24) is 10.3 Å². The highest BCUT2D eigenvalue weighted by Gasteiger charge is 2.48. The monoisotopic (exact) mass is 409 g/mol. The lowest BCUT2D eigenvalue weighted by molar-refractivity contribution is -0.122. The second-order valence-electron chi connectivity index (χ2n) is 6.12. The third kappa shape index (κ3) is 3.31. The first-order valence-corrected chi connectivity index (χ1v) is 9.18. The van der Waals surface area contributed by atoms with Crippen LogP contribution in [0.5, 0.6) is 0 Å². The molecule has 0 bridgehead atoms. The molecule has 1 aromatic rings. The van der Waals surface area contributed by atoms with Gasteiger partial charge in [-0.25, -0.2) is 10.8 Å². The lowest BCUT2D eigenvalue weighted by atomic mass is 9.79. The van der Waals surface area contributed by atoms with Crippen LogP contribution in [0.15, 0.2) is 33.7 Å². The summed E-state index contributed by atoms with van der Waals surface area (Å²) in [4.78, 5) is 18.3. The van der Waals surface area contributed by atoms with Gasteiger partial charge in [0, 0.05) is 10.2 Å². The molecule has 1 amide bonds. The van der Waals surface area contributed by atoms with Crippen LogP contribution in [-0.2, 0) is 4.79 Å². The zero-order valence-electron chi connectivity index (χ0n) is 13.2. The van der Waals surface area contributed by atoms with E-state index >= 15 is 0 Å². The molecule has 1 aromatic carbocycles. The molecular formula is C16H20BrN5OS. The fourth-order valence-corrected chi connectivity index (χ4v) is 4.03. The predicted molar refractivity (Wildman–Crippen MR) is 103 cm³/mol. The van der Waals surface area contributed by atoms with Crippen LogP contribution in [0.3, 0.4) is 0 Å². The van der Waals surface area contributed by atoms with Gasteiger partial charge in [0.25, 0.3) is 5.91 Å². The largest absolute Gasteiger partial charge is 0.342 e. The van der Waals surface area contributed by atoms with Crippen LogP contribution in [0, 0.1) is 0 Å². The van der Waals surface area contributed by atoms with Gasteiger partial charge in [-0.05, 0) is 49.3 Å². The van der Waals surface area contributed by atoms with Gasteiger partial charge in [-0.3, -0.25) is 10.2 Å². The van der Waals surface area contributed by atoms with Crippen molar-refractivity contribution in [1.29, 1.82) is 0 Å². The number of anilines is 1. The van der Waals surface area contributed by atoms with E-state index in [0.29, 0.717) is 5.11 Å². The number of carbonyl (C=O) groups is 1. The summed E-state index contributed by atoms with van der Waals surface area (Å²) in [6, 6.07) is 7.93. The van der Waals surface area contributed by atoms with E-state index in [2.05, 4.69) is 31.7 Å². The van der Waals surface area contributed by atoms with Crippen molar-refractivity contribution < 1.29 is 4.79 Å². The van der Waals surface area contributed by atoms with Crippen LogP contribution in [0.25, 0.3) is 0 Å². The van der Waals surface area contributed by atoms with Crippen LogP contribution in [0.2, 0.25) is 0 Å². The van der Waals surface area contributed by atoms with E-state index in [1.54, 1.807) is 0 Å². The fourth-order valence-electron chi connectivity index (χ4n) is 3.44. The predicted octanol–water partition coefficient (Wildman–Crippen LogP) is 2.55. The number of nitrogens with zero attached hydrogens (tertiary/aromatic N) is 2. The quantitative estimate of drug-likeness (QED) is 0.309. The van der Waals surface area contributed by atoms with Crippen LogP contribution >= 0.6 is 28.1 Å². The van der Waals surface area contributed by atoms with Crippen molar-refractivity contribution >= 4 is 50.7 Å². The number of aliphatic imine (C=N–C) groups is 1. The minimum atomic E-state index is -0.338. The molecule has 4 N–H and O–H groups in total. The smallest absolute Gasteiger partial charge is 0.253 e. The maximum atomic E-state index is 11.8. The maximum Gasteiger partial charge on any atom is 0.253 e. The molecule has 1 fully saturated rings. The number of thiocarbonyl (C=S) groups is 1. The minimum Gasteiger partial charge on any atom is -0.342 e. The molecule has 8 heteroatoms. The van der Waals surface area contributed by atoms with E-state index in [4.69, 9.17) is 18.1 Å². The molecule has 0 atom stereocenters. The van der Waals surface area contributed by atoms with Gasteiger partial charge in [0.2, 0.25) is 0 Å². The summed E-state index contributed by atoms with van der Waals surface area (Å²) in [6.07, 6.45) is 5.21. The number of amides is 1. The van der Waals surface area contributed by atoms with Gasteiger partial charge in [0.15, 0.2) is 5.11 Å². The Morgan fingerprint density at radius 2 is 1.96 bits per heavy atom. The second kappa shape index (κ2) is 7.16. The molecule has 1 aliphatic heterocycles. The molecule has 1 heterocycles. The van der Waals surface area contributed by atoms with E-state index in [-0.39, 0.29) is 18.0 Å². The number of carbonyl (C=O) groups excluding carboxylic acids is 1. The number of nitrogens with two attached hydrogens (primary N) is 1. The number of benzene rings is 1. The normalized spacial score (nSPS) is 19.3. The molecule has 0 aromatic heterocycles. The number of amidine groups is 1. The Morgan fingerprint density at radius 3 is 2.58 bits per heavy atom. The highest BCUT2D eigenvalue weighted by molar-refractivity contribution is 9.10. The Balaban J connectivity index is 1.88. The van der Waals surface area contributed by atoms with Crippen molar-refractivity contribution in [2.45, 2.75) is 37.6 Å². The topological polar surface area (TPSA) is 82.8 Å². The minimum absolute atomic E-state index is 0.129. The van der Waals surface area contributed by atoms with Gasteiger partial charge < -0.3 is 10.2 Å². The lowest BCUT2D eigenvalue weighted by Crippen LogP contribution is -2.57. The van der Waals surface area contributed by atoms with Gasteiger partial charge in [-0.2, -0.15) is 0 Å². The Labute approximate surface area is 155 Å². The number of hydrazine groups is 1. The molecule has 0 radical (unpaired) electrons. The Bertz CT molecular complexity index is 670. The third-order valence-electron chi connectivity index (χ3n) is 4.65. The number of rotatable bonds is 3. The molecule has 0 unspecified atom stereocenters. The van der Waals surface area contributed by atoms with Crippen molar-refractivity contribution in [3.05, 3.63) is 28.7 Å². The van der Waals surface area contributed by atoms with Crippen LogP contribution < -0.4 is 16.6 Å². The third-order valence-corrected chi connectivity index (χ3v) is 5.49. The Kier molecular flexibility index (Phi) is 5.17. The van der Waals surface area contributed by atoms with Crippen LogP contribution in [-0.4, -0.2) is 33.8 Å². The SMILES string of the molecule is NNC(=O)CN1C(=S)N=C(Nc2ccc(Br)cc2)C12CCCCC2. The summed E-state index contributed by atoms with van der Waals surface area (Å²) in [5.41, 5.74) is 2.80. The molecule has 2 aliphatic rings. The summed E-state index contributed by atoms with van der Waals surface area (Å²) in [6.45, 7) is 0.129. The molecule has 1 saturated carbocycles. The summed E-state index contributed by atoms with van der Waals surface area (Å²) in [5, 5.41) is 3.86. The maximum absolute atomic E-state index is 11.8. The lowest BCUT2D eigenvalue weighted by Gasteiger charge is -2.42. The van der Waals surface area contributed by atoms with E-state index in [1.807, 2.05) is 29.2 Å². The van der Waals surface area contributed by atoms with Crippen LogP contribution in [0.4, 0.5) is 5.69 Å². The molecule has 128 valence electrons. The molecule has 24 heavy (non-hydrogen) atoms. The number of hydrogen-bond acceptors (Lipinski definition) is 4. The summed E-state index contributed by atoms with van der Waals surface area (Å²) in [7, 11) is 0. The Hall–Kier alpha value is -1.51. The van der Waals surface area contributed by atoms with Crippen molar-refractivity contribution in [2.24, 2.45) is 10.8 Å². The van der Waals surface area contributed by atoms with E-state index in [0.717, 1.165) is 41.7 Å². The summed E-state index contributed by atoms with van der Waals surface area (Å²) in [5.74, 6) is 5.83. The molecular weight excluding hydrogens is 390 g/mol. The zero-order chi connectivity index (χ0) is 17.2. The van der Waals surface area contributed by atoms with Gasteiger partial charge in [-0.1, -0.05) is 35.2 Å². The van der Waals surface area contributed by atoms with Gasteiger partial charge in [0.1, 0.15) is 17.9 Å². The highest BCUT2D eigenvalue weighted by Crippen LogP contribution is 2.39. The van der Waals surface area contributed by atoms with E-state index in [9.17, 15) is 4.79 Å². The molecule has 0 saturated heterocycles. The van der Waals surface area contributed by atoms with Gasteiger partial charge in [0.05, 0.1) is 0 Å².